The molecule has 4 nitrogen and oxygen atoms in total. The van der Waals surface area contributed by atoms with Gasteiger partial charge in [0.15, 0.2) is 0 Å². The summed E-state index contributed by atoms with van der Waals surface area (Å²) in [7, 11) is 0. The summed E-state index contributed by atoms with van der Waals surface area (Å²) >= 11 is 1.54. The van der Waals surface area contributed by atoms with Crippen molar-refractivity contribution in [2.45, 2.75) is 45.6 Å². The molecule has 0 unspecified atom stereocenters. The van der Waals surface area contributed by atoms with Crippen LogP contribution in [-0.4, -0.2) is 16.2 Å². The van der Waals surface area contributed by atoms with Gasteiger partial charge >= 0.3 is 0 Å². The molecule has 0 bridgehead atoms. The van der Waals surface area contributed by atoms with Crippen molar-refractivity contribution in [3.8, 4) is 16.9 Å². The maximum atomic E-state index is 13.4. The summed E-state index contributed by atoms with van der Waals surface area (Å²) in [6.45, 7) is 3.65. The van der Waals surface area contributed by atoms with Crippen molar-refractivity contribution in [2.24, 2.45) is 0 Å². The van der Waals surface area contributed by atoms with Gasteiger partial charge in [-0.3, -0.25) is 9.36 Å². The highest BCUT2D eigenvalue weighted by Crippen LogP contribution is 2.34. The fourth-order valence-corrected chi connectivity index (χ4v) is 5.31. The Kier molecular flexibility index (Phi) is 6.40. The van der Waals surface area contributed by atoms with Gasteiger partial charge in [0.05, 0.1) is 12.0 Å². The number of rotatable bonds is 8. The lowest BCUT2D eigenvalue weighted by molar-refractivity contribution is 0.305. The Morgan fingerprint density at radius 1 is 1.06 bits per heavy atom. The minimum Gasteiger partial charge on any atom is -0.494 e. The summed E-state index contributed by atoms with van der Waals surface area (Å²) in [4.78, 5) is 19.1. The number of allylic oxidation sites excluding steroid dienone is 1. The van der Waals surface area contributed by atoms with Crippen LogP contribution in [0.1, 0.15) is 50.4 Å². The van der Waals surface area contributed by atoms with Crippen LogP contribution in [0.5, 0.6) is 5.75 Å². The van der Waals surface area contributed by atoms with Gasteiger partial charge in [-0.15, -0.1) is 11.3 Å². The highest BCUT2D eigenvalue weighted by Gasteiger charge is 2.23. The van der Waals surface area contributed by atoms with Crippen molar-refractivity contribution in [3.05, 3.63) is 81.7 Å². The third kappa shape index (κ3) is 4.51. The number of benzene rings is 2. The van der Waals surface area contributed by atoms with Crippen LogP contribution in [0.2, 0.25) is 0 Å². The fourth-order valence-electron chi connectivity index (χ4n) is 4.37. The van der Waals surface area contributed by atoms with Crippen LogP contribution in [0, 0.1) is 0 Å². The van der Waals surface area contributed by atoms with Crippen LogP contribution >= 0.6 is 11.3 Å². The summed E-state index contributed by atoms with van der Waals surface area (Å²) in [6.07, 6.45) is 7.78. The molecular formula is C28H28N2O2S. The molecule has 0 saturated carbocycles. The quantitative estimate of drug-likeness (QED) is 0.267. The van der Waals surface area contributed by atoms with Crippen molar-refractivity contribution in [1.82, 2.24) is 9.55 Å². The predicted octanol–water partition coefficient (Wildman–Crippen LogP) is 7.03. The molecule has 0 atom stereocenters. The molecule has 0 spiro atoms. The molecule has 0 aliphatic carbocycles. The Bertz CT molecular complexity index is 1330. The Morgan fingerprint density at radius 2 is 1.88 bits per heavy atom. The second-order valence-corrected chi connectivity index (χ2v) is 9.34. The summed E-state index contributed by atoms with van der Waals surface area (Å²) < 4.78 is 7.69. The summed E-state index contributed by atoms with van der Waals surface area (Å²) in [5, 5.41) is 2.78. The predicted molar refractivity (Wildman–Crippen MR) is 138 cm³/mol. The standard InChI is InChI=1S/C28H28N2O2S/c1-2-3-4-8-17-32-23-13-11-20(12-14-23)18-22-15-16-30-26(22)29-27-25(28(30)31)24(19-33-27)21-9-6-5-7-10-21/h5-7,9-14,18-19H,2-4,8,15-17H2,1H3/b22-18+. The van der Waals surface area contributed by atoms with Gasteiger partial charge in [-0.25, -0.2) is 4.98 Å². The minimum absolute atomic E-state index is 0.0605. The zero-order valence-corrected chi connectivity index (χ0v) is 19.7. The molecule has 3 heterocycles. The molecule has 1 aliphatic heterocycles. The molecule has 0 N–H and O–H groups in total. The van der Waals surface area contributed by atoms with Crippen molar-refractivity contribution < 1.29 is 4.74 Å². The van der Waals surface area contributed by atoms with Crippen LogP contribution in [0.15, 0.2) is 64.8 Å². The minimum atomic E-state index is 0.0605. The normalized spacial score (nSPS) is 14.2. The van der Waals surface area contributed by atoms with Crippen LogP contribution in [0.3, 0.4) is 0 Å². The van der Waals surface area contributed by atoms with E-state index in [-0.39, 0.29) is 5.56 Å². The fraction of sp³-hybridized carbons (Fsp3) is 0.286. The van der Waals surface area contributed by atoms with Gasteiger partial charge in [0.1, 0.15) is 16.4 Å². The van der Waals surface area contributed by atoms with E-state index in [1.165, 1.54) is 19.3 Å². The third-order valence-corrected chi connectivity index (χ3v) is 7.03. The maximum absolute atomic E-state index is 13.4. The van der Waals surface area contributed by atoms with E-state index in [4.69, 9.17) is 9.72 Å². The molecule has 0 amide bonds. The Balaban J connectivity index is 1.39. The number of hydrogen-bond donors (Lipinski definition) is 0. The lowest BCUT2D eigenvalue weighted by atomic mass is 10.1. The van der Waals surface area contributed by atoms with Crippen LogP contribution in [0.4, 0.5) is 0 Å². The summed E-state index contributed by atoms with van der Waals surface area (Å²) in [5.41, 5.74) is 4.31. The molecule has 1 aliphatic rings. The molecule has 168 valence electrons. The first kappa shape index (κ1) is 21.7. The highest BCUT2D eigenvalue weighted by molar-refractivity contribution is 7.17. The van der Waals surface area contributed by atoms with Gasteiger partial charge in [-0.05, 0) is 47.8 Å². The van der Waals surface area contributed by atoms with Crippen molar-refractivity contribution in [2.75, 3.05) is 6.61 Å². The third-order valence-electron chi connectivity index (χ3n) is 6.16. The van der Waals surface area contributed by atoms with Gasteiger partial charge in [0.25, 0.3) is 5.56 Å². The van der Waals surface area contributed by atoms with E-state index in [0.29, 0.717) is 6.54 Å². The van der Waals surface area contributed by atoms with Gasteiger partial charge in [0.2, 0.25) is 0 Å². The van der Waals surface area contributed by atoms with Crippen LogP contribution < -0.4 is 10.3 Å². The second-order valence-electron chi connectivity index (χ2n) is 8.49. The number of hydrogen-bond acceptors (Lipinski definition) is 4. The van der Waals surface area contributed by atoms with E-state index in [1.54, 1.807) is 11.3 Å². The molecule has 2 aromatic carbocycles. The number of fused-ring (bicyclic) bond motifs is 2. The lowest BCUT2D eigenvalue weighted by Crippen LogP contribution is -2.20. The first-order chi connectivity index (χ1) is 16.2. The Hall–Kier alpha value is -3.18. The first-order valence-corrected chi connectivity index (χ1v) is 12.6. The van der Waals surface area contributed by atoms with Gasteiger partial charge in [-0.2, -0.15) is 0 Å². The van der Waals surface area contributed by atoms with Gasteiger partial charge in [-0.1, -0.05) is 68.7 Å². The van der Waals surface area contributed by atoms with E-state index in [9.17, 15) is 4.79 Å². The van der Waals surface area contributed by atoms with Crippen LogP contribution in [-0.2, 0) is 6.54 Å². The second kappa shape index (κ2) is 9.75. The number of unbranched alkanes of at least 4 members (excludes halogenated alkanes) is 3. The van der Waals surface area contributed by atoms with E-state index >= 15 is 0 Å². The molecule has 5 rings (SSSR count). The smallest absolute Gasteiger partial charge is 0.263 e. The zero-order valence-electron chi connectivity index (χ0n) is 18.9. The van der Waals surface area contributed by atoms with E-state index < -0.39 is 0 Å². The van der Waals surface area contributed by atoms with Gasteiger partial charge < -0.3 is 4.74 Å². The number of nitrogens with zero attached hydrogens (tertiary/aromatic N) is 2. The zero-order chi connectivity index (χ0) is 22.6. The average Bonchev–Trinajstić information content (AvgIpc) is 3.46. The van der Waals surface area contributed by atoms with Gasteiger partial charge in [0, 0.05) is 17.5 Å². The molecule has 0 radical (unpaired) electrons. The number of ether oxygens (including phenoxy) is 1. The number of thiophene rings is 1. The largest absolute Gasteiger partial charge is 0.494 e. The first-order valence-electron chi connectivity index (χ1n) is 11.8. The molecular weight excluding hydrogens is 428 g/mol. The topological polar surface area (TPSA) is 44.1 Å². The van der Waals surface area contributed by atoms with Crippen molar-refractivity contribution in [1.29, 1.82) is 0 Å². The van der Waals surface area contributed by atoms with E-state index in [1.807, 2.05) is 47.0 Å². The molecule has 0 fully saturated rings. The van der Waals surface area contributed by atoms with E-state index in [0.717, 1.165) is 63.5 Å². The summed E-state index contributed by atoms with van der Waals surface area (Å²) in [5.74, 6) is 1.70. The van der Waals surface area contributed by atoms with Crippen molar-refractivity contribution >= 4 is 33.2 Å². The molecule has 4 aromatic rings. The lowest BCUT2D eigenvalue weighted by Gasteiger charge is -2.07. The Morgan fingerprint density at radius 3 is 2.67 bits per heavy atom. The molecule has 0 saturated heterocycles. The molecule has 2 aromatic heterocycles. The average molecular weight is 457 g/mol. The molecule has 5 heteroatoms. The Labute approximate surface area is 198 Å². The monoisotopic (exact) mass is 456 g/mol. The number of aromatic nitrogens is 2. The summed E-state index contributed by atoms with van der Waals surface area (Å²) in [6, 6.07) is 18.3. The molecule has 33 heavy (non-hydrogen) atoms. The van der Waals surface area contributed by atoms with Crippen LogP contribution in [0.25, 0.3) is 33.0 Å². The van der Waals surface area contributed by atoms with Crippen molar-refractivity contribution in [3.63, 3.8) is 0 Å². The highest BCUT2D eigenvalue weighted by atomic mass is 32.1. The SMILES string of the molecule is CCCCCCOc1ccc(/C=C2\CCn3c2nc2scc(-c4ccccc4)c2c3=O)cc1. The maximum Gasteiger partial charge on any atom is 0.263 e. The van der Waals surface area contributed by atoms with E-state index in [2.05, 4.69) is 30.5 Å².